The summed E-state index contributed by atoms with van der Waals surface area (Å²) in [6, 6.07) is 15.8. The third kappa shape index (κ3) is 6.90. The van der Waals surface area contributed by atoms with Crippen LogP contribution in [-0.4, -0.2) is 40.0 Å². The quantitative estimate of drug-likeness (QED) is 0.200. The highest BCUT2D eigenvalue weighted by molar-refractivity contribution is 6.12. The van der Waals surface area contributed by atoms with E-state index in [9.17, 15) is 18.8 Å². The Morgan fingerprint density at radius 1 is 0.950 bits per heavy atom. The summed E-state index contributed by atoms with van der Waals surface area (Å²) < 4.78 is 27.3. The van der Waals surface area contributed by atoms with Crippen molar-refractivity contribution in [2.75, 3.05) is 17.7 Å². The number of hydrogen-bond acceptors (Lipinski definition) is 6. The third-order valence-electron chi connectivity index (χ3n) is 5.71. The van der Waals surface area contributed by atoms with E-state index in [-0.39, 0.29) is 22.7 Å². The number of aromatic nitrogens is 2. The molecule has 0 aliphatic carbocycles. The lowest BCUT2D eigenvalue weighted by molar-refractivity contribution is -0.115. The number of nitrogens with zero attached hydrogens (tertiary/aromatic N) is 2. The SMILES string of the molecule is COc1cc(NC(=O)OC(C)(C)C)c(NC(=O)CC(=O)c2cccc(-n3ccnc3)c2)cc1-c1ccccc1F. The van der Waals surface area contributed by atoms with Gasteiger partial charge >= 0.3 is 6.09 Å². The zero-order valence-corrected chi connectivity index (χ0v) is 22.5. The van der Waals surface area contributed by atoms with Crippen molar-refractivity contribution in [1.29, 1.82) is 0 Å². The molecule has 1 aromatic heterocycles. The van der Waals surface area contributed by atoms with Crippen molar-refractivity contribution < 1.29 is 28.2 Å². The molecule has 0 saturated carbocycles. The van der Waals surface area contributed by atoms with Crippen LogP contribution in [-0.2, 0) is 9.53 Å². The van der Waals surface area contributed by atoms with Gasteiger partial charge in [0.25, 0.3) is 0 Å². The fraction of sp³-hybridized carbons (Fsp3) is 0.200. The molecule has 9 nitrogen and oxygen atoms in total. The van der Waals surface area contributed by atoms with Gasteiger partial charge in [0.2, 0.25) is 5.91 Å². The maximum absolute atomic E-state index is 14.7. The highest BCUT2D eigenvalue weighted by Gasteiger charge is 2.22. The summed E-state index contributed by atoms with van der Waals surface area (Å²) in [5, 5.41) is 5.28. The molecule has 0 unspecified atom stereocenters. The maximum Gasteiger partial charge on any atom is 0.412 e. The number of hydrogen-bond donors (Lipinski definition) is 2. The standard InChI is InChI=1S/C30H29FN4O5/c1-30(2,3)40-29(38)34-25-16-27(39-4)22(21-10-5-6-11-23(21)31)15-24(25)33-28(37)17-26(36)19-8-7-9-20(14-19)35-13-12-32-18-35/h5-16,18H,17H2,1-4H3,(H,33,37)(H,34,38). The number of nitrogens with one attached hydrogen (secondary N) is 2. The van der Waals surface area contributed by atoms with Crippen molar-refractivity contribution in [3.8, 4) is 22.6 Å². The van der Waals surface area contributed by atoms with Crippen LogP contribution in [0, 0.1) is 5.82 Å². The van der Waals surface area contributed by atoms with Crippen LogP contribution in [0.25, 0.3) is 16.8 Å². The minimum absolute atomic E-state index is 0.134. The molecule has 2 N–H and O–H groups in total. The van der Waals surface area contributed by atoms with Gasteiger partial charge in [0.1, 0.15) is 17.2 Å². The van der Waals surface area contributed by atoms with E-state index in [1.54, 1.807) is 80.5 Å². The number of halogens is 1. The highest BCUT2D eigenvalue weighted by Crippen LogP contribution is 2.39. The molecule has 206 valence electrons. The lowest BCUT2D eigenvalue weighted by Crippen LogP contribution is -2.27. The van der Waals surface area contributed by atoms with Crippen molar-refractivity contribution in [2.45, 2.75) is 32.8 Å². The molecular formula is C30H29FN4O5. The molecule has 4 aromatic rings. The highest BCUT2D eigenvalue weighted by atomic mass is 19.1. The predicted molar refractivity (Wildman–Crippen MR) is 149 cm³/mol. The minimum Gasteiger partial charge on any atom is -0.496 e. The van der Waals surface area contributed by atoms with E-state index in [4.69, 9.17) is 9.47 Å². The molecule has 0 atom stereocenters. The number of carbonyl (C=O) groups excluding carboxylic acids is 3. The lowest BCUT2D eigenvalue weighted by Gasteiger charge is -2.21. The van der Waals surface area contributed by atoms with E-state index in [1.165, 1.54) is 25.3 Å². The Morgan fingerprint density at radius 3 is 2.38 bits per heavy atom. The topological polar surface area (TPSA) is 112 Å². The van der Waals surface area contributed by atoms with E-state index < -0.39 is 35.6 Å². The predicted octanol–water partition coefficient (Wildman–Crippen LogP) is 6.25. The van der Waals surface area contributed by atoms with E-state index in [1.807, 2.05) is 6.07 Å². The van der Waals surface area contributed by atoms with Crippen LogP contribution in [0.3, 0.4) is 0 Å². The van der Waals surface area contributed by atoms with Gasteiger partial charge in [-0.1, -0.05) is 30.3 Å². The first-order valence-corrected chi connectivity index (χ1v) is 12.4. The van der Waals surface area contributed by atoms with Crippen molar-refractivity contribution in [3.05, 3.63) is 90.8 Å². The van der Waals surface area contributed by atoms with E-state index in [0.717, 1.165) is 5.69 Å². The molecule has 0 fully saturated rings. The first kappa shape index (κ1) is 28.0. The molecular weight excluding hydrogens is 515 g/mol. The number of imidazole rings is 1. The molecule has 2 amide bonds. The molecule has 4 rings (SSSR count). The molecule has 3 aromatic carbocycles. The molecule has 0 saturated heterocycles. The Hall–Kier alpha value is -4.99. The smallest absolute Gasteiger partial charge is 0.412 e. The van der Waals surface area contributed by atoms with Crippen LogP contribution < -0.4 is 15.4 Å². The number of Topliss-reactive ketones (excluding diaryl/α,β-unsaturated/α-hetero) is 1. The first-order valence-electron chi connectivity index (χ1n) is 12.4. The van der Waals surface area contributed by atoms with Crippen LogP contribution in [0.15, 0.2) is 79.4 Å². The normalized spacial score (nSPS) is 11.0. The largest absolute Gasteiger partial charge is 0.496 e. The lowest BCUT2D eigenvalue weighted by atomic mass is 10.0. The Bertz CT molecular complexity index is 1540. The summed E-state index contributed by atoms with van der Waals surface area (Å²) in [6.45, 7) is 5.14. The zero-order valence-electron chi connectivity index (χ0n) is 22.5. The fourth-order valence-electron chi connectivity index (χ4n) is 3.95. The van der Waals surface area contributed by atoms with Crippen molar-refractivity contribution in [1.82, 2.24) is 9.55 Å². The van der Waals surface area contributed by atoms with Gasteiger partial charge in [-0.15, -0.1) is 0 Å². The van der Waals surface area contributed by atoms with Crippen LogP contribution in [0.1, 0.15) is 37.6 Å². The number of methoxy groups -OCH3 is 1. The Balaban J connectivity index is 1.63. The number of rotatable bonds is 8. The second kappa shape index (κ2) is 11.8. The van der Waals surface area contributed by atoms with Gasteiger partial charge < -0.3 is 19.4 Å². The molecule has 1 heterocycles. The molecule has 0 aliphatic rings. The number of amides is 2. The van der Waals surface area contributed by atoms with Crippen molar-refractivity contribution in [3.63, 3.8) is 0 Å². The Kier molecular flexibility index (Phi) is 8.28. The van der Waals surface area contributed by atoms with Gasteiger partial charge in [0, 0.05) is 40.8 Å². The second-order valence-corrected chi connectivity index (χ2v) is 9.87. The number of ketones is 1. The van der Waals surface area contributed by atoms with Gasteiger partial charge in [-0.25, -0.2) is 14.2 Å². The van der Waals surface area contributed by atoms with E-state index >= 15 is 0 Å². The van der Waals surface area contributed by atoms with Gasteiger partial charge in [0.15, 0.2) is 5.78 Å². The summed E-state index contributed by atoms with van der Waals surface area (Å²) in [7, 11) is 1.41. The molecule has 0 aliphatic heterocycles. The molecule has 0 radical (unpaired) electrons. The number of ether oxygens (including phenoxy) is 2. The van der Waals surface area contributed by atoms with Gasteiger partial charge in [0.05, 0.1) is 31.2 Å². The van der Waals surface area contributed by atoms with E-state index in [0.29, 0.717) is 11.1 Å². The Morgan fingerprint density at radius 2 is 1.70 bits per heavy atom. The molecule has 40 heavy (non-hydrogen) atoms. The summed E-state index contributed by atoms with van der Waals surface area (Å²) >= 11 is 0. The molecule has 10 heteroatoms. The van der Waals surface area contributed by atoms with Crippen molar-refractivity contribution >= 4 is 29.2 Å². The van der Waals surface area contributed by atoms with Gasteiger partial charge in [-0.3, -0.25) is 14.9 Å². The summed E-state index contributed by atoms with van der Waals surface area (Å²) in [5.74, 6) is -1.29. The fourth-order valence-corrected chi connectivity index (χ4v) is 3.95. The van der Waals surface area contributed by atoms with Crippen molar-refractivity contribution in [2.24, 2.45) is 0 Å². The van der Waals surface area contributed by atoms with Gasteiger partial charge in [-0.05, 0) is 45.0 Å². The average Bonchev–Trinajstić information content (AvgIpc) is 3.44. The minimum atomic E-state index is -0.775. The monoisotopic (exact) mass is 544 g/mol. The van der Waals surface area contributed by atoms with Crippen LogP contribution in [0.4, 0.5) is 20.6 Å². The summed E-state index contributed by atoms with van der Waals surface area (Å²) in [6.07, 6.45) is 3.73. The van der Waals surface area contributed by atoms with E-state index in [2.05, 4.69) is 15.6 Å². The summed E-state index contributed by atoms with van der Waals surface area (Å²) in [5.41, 5.74) is 1.13. The van der Waals surface area contributed by atoms with Gasteiger partial charge in [-0.2, -0.15) is 0 Å². The second-order valence-electron chi connectivity index (χ2n) is 9.87. The Labute approximate surface area is 231 Å². The van der Waals surface area contributed by atoms with Crippen LogP contribution in [0.2, 0.25) is 0 Å². The molecule has 0 bridgehead atoms. The average molecular weight is 545 g/mol. The van der Waals surface area contributed by atoms with Crippen LogP contribution in [0.5, 0.6) is 5.75 Å². The molecule has 0 spiro atoms. The first-order chi connectivity index (χ1) is 19.0. The summed E-state index contributed by atoms with van der Waals surface area (Å²) in [4.78, 5) is 42.6. The number of benzene rings is 3. The number of anilines is 2. The zero-order chi connectivity index (χ0) is 28.9. The third-order valence-corrected chi connectivity index (χ3v) is 5.71. The number of carbonyl (C=O) groups is 3. The maximum atomic E-state index is 14.7. The van der Waals surface area contributed by atoms with Crippen LogP contribution >= 0.6 is 0 Å².